The summed E-state index contributed by atoms with van der Waals surface area (Å²) in [6.45, 7) is 6.05. The van der Waals surface area contributed by atoms with Gasteiger partial charge in [0, 0.05) is 38.3 Å². The average molecular weight is 629 g/mol. The van der Waals surface area contributed by atoms with Gasteiger partial charge in [0.05, 0.1) is 22.1 Å². The molecule has 6 aromatic carbocycles. The first-order chi connectivity index (χ1) is 24.3. The van der Waals surface area contributed by atoms with Crippen molar-refractivity contribution < 1.29 is 0 Å². The Morgan fingerprint density at radius 1 is 0.633 bits per heavy atom. The zero-order valence-corrected chi connectivity index (χ0v) is 27.6. The summed E-state index contributed by atoms with van der Waals surface area (Å²) in [7, 11) is 0. The lowest BCUT2D eigenvalue weighted by atomic mass is 9.97. The lowest BCUT2D eigenvalue weighted by Gasteiger charge is -2.16. The molecule has 234 valence electrons. The first-order valence-electron chi connectivity index (χ1n) is 17.2. The lowest BCUT2D eigenvalue weighted by molar-refractivity contribution is 1.02. The number of hydrogen-bond acceptors (Lipinski definition) is 0. The van der Waals surface area contributed by atoms with Gasteiger partial charge in [-0.15, -0.1) is 0 Å². The second-order valence-electron chi connectivity index (χ2n) is 12.8. The van der Waals surface area contributed by atoms with E-state index in [9.17, 15) is 0 Å². The van der Waals surface area contributed by atoms with Crippen LogP contribution in [0.15, 0.2) is 170 Å². The monoisotopic (exact) mass is 628 g/mol. The Balaban J connectivity index is 1.52. The maximum absolute atomic E-state index is 3.94. The molecule has 1 aliphatic rings. The maximum atomic E-state index is 3.94. The molecule has 0 saturated heterocycles. The smallest absolute Gasteiger partial charge is 0.0647 e. The average Bonchev–Trinajstić information content (AvgIpc) is 3.70. The number of rotatable bonds is 6. The zero-order valence-electron chi connectivity index (χ0n) is 27.6. The molecule has 2 aromatic heterocycles. The van der Waals surface area contributed by atoms with Gasteiger partial charge in [-0.05, 0) is 83.8 Å². The fourth-order valence-electron chi connectivity index (χ4n) is 7.93. The minimum atomic E-state index is 1.04. The molecule has 0 atom stereocenters. The third-order valence-electron chi connectivity index (χ3n) is 10.0. The van der Waals surface area contributed by atoms with Gasteiger partial charge in [-0.3, -0.25) is 0 Å². The molecule has 0 spiro atoms. The van der Waals surface area contributed by atoms with E-state index < -0.39 is 0 Å². The van der Waals surface area contributed by atoms with E-state index in [1.54, 1.807) is 0 Å². The lowest BCUT2D eigenvalue weighted by Crippen LogP contribution is -1.99. The van der Waals surface area contributed by atoms with Crippen molar-refractivity contribution in [2.24, 2.45) is 0 Å². The highest BCUT2D eigenvalue weighted by atomic mass is 15.0. The van der Waals surface area contributed by atoms with Crippen LogP contribution in [0.3, 0.4) is 0 Å². The Labute approximate surface area is 286 Å². The molecule has 0 unspecified atom stereocenters. The van der Waals surface area contributed by atoms with Crippen LogP contribution in [0.1, 0.15) is 25.3 Å². The molecule has 9 rings (SSSR count). The fraction of sp³-hybridized carbons (Fsp3) is 0.0638. The van der Waals surface area contributed by atoms with Gasteiger partial charge < -0.3 is 9.13 Å². The number of hydrogen-bond donors (Lipinski definition) is 0. The van der Waals surface area contributed by atoms with Gasteiger partial charge in [-0.2, -0.15) is 0 Å². The van der Waals surface area contributed by atoms with Crippen LogP contribution in [0, 0.1) is 0 Å². The Bertz CT molecular complexity index is 2720. The summed E-state index contributed by atoms with van der Waals surface area (Å²) in [5.41, 5.74) is 12.0. The standard InChI is InChI=1S/C47H36N2/c1-3-5-18-32(4-2)34-29-35(33-19-8-6-9-20-33)31-37(30-34)49-42-27-16-14-25-40(42)44-38-23-12-13-24-39(38)46-45(47(44)49)41-26-15-17-28-43(41)48(46)36-21-10-7-11-22-36/h3-6,8-10,12-31H,1,7,11H2,2H3/b18-5-,32-4+. The summed E-state index contributed by atoms with van der Waals surface area (Å²) < 4.78 is 5.04. The predicted octanol–water partition coefficient (Wildman–Crippen LogP) is 13.0. The van der Waals surface area contributed by atoms with Gasteiger partial charge in [0.2, 0.25) is 0 Å². The number of nitrogens with zero attached hydrogens (tertiary/aromatic N) is 2. The van der Waals surface area contributed by atoms with Crippen LogP contribution < -0.4 is 0 Å². The van der Waals surface area contributed by atoms with Crippen molar-refractivity contribution in [3.63, 3.8) is 0 Å². The van der Waals surface area contributed by atoms with E-state index in [0.29, 0.717) is 0 Å². The van der Waals surface area contributed by atoms with E-state index in [1.165, 1.54) is 76.8 Å². The van der Waals surface area contributed by atoms with Gasteiger partial charge in [-0.1, -0.05) is 134 Å². The number of para-hydroxylation sites is 2. The molecule has 0 saturated carbocycles. The zero-order chi connectivity index (χ0) is 32.9. The van der Waals surface area contributed by atoms with E-state index >= 15 is 0 Å². The molecular weight excluding hydrogens is 593 g/mol. The summed E-state index contributed by atoms with van der Waals surface area (Å²) in [5, 5.41) is 7.64. The molecule has 0 amide bonds. The fourth-order valence-corrected chi connectivity index (χ4v) is 7.93. The predicted molar refractivity (Wildman–Crippen MR) is 212 cm³/mol. The van der Waals surface area contributed by atoms with Crippen LogP contribution in [0.5, 0.6) is 0 Å². The van der Waals surface area contributed by atoms with Crippen molar-refractivity contribution in [3.8, 4) is 16.8 Å². The van der Waals surface area contributed by atoms with Crippen molar-refractivity contribution in [1.82, 2.24) is 9.13 Å². The van der Waals surface area contributed by atoms with Gasteiger partial charge >= 0.3 is 0 Å². The summed E-state index contributed by atoms with van der Waals surface area (Å²) in [6, 6.07) is 44.6. The largest absolute Gasteiger partial charge is 0.309 e. The highest BCUT2D eigenvalue weighted by Gasteiger charge is 2.25. The molecule has 0 radical (unpaired) electrons. The molecule has 2 heteroatoms. The molecule has 49 heavy (non-hydrogen) atoms. The molecule has 0 fully saturated rings. The molecular formula is C47H36N2. The van der Waals surface area contributed by atoms with E-state index in [2.05, 4.69) is 174 Å². The van der Waals surface area contributed by atoms with Gasteiger partial charge in [0.15, 0.2) is 0 Å². The summed E-state index contributed by atoms with van der Waals surface area (Å²) in [5.74, 6) is 0. The highest BCUT2D eigenvalue weighted by molar-refractivity contribution is 6.37. The number of benzene rings is 6. The Kier molecular flexibility index (Phi) is 7.02. The van der Waals surface area contributed by atoms with Crippen molar-refractivity contribution in [2.75, 3.05) is 0 Å². The first kappa shape index (κ1) is 29.1. The van der Waals surface area contributed by atoms with E-state index in [4.69, 9.17) is 0 Å². The van der Waals surface area contributed by atoms with Crippen molar-refractivity contribution in [1.29, 1.82) is 0 Å². The Morgan fingerprint density at radius 3 is 2.02 bits per heavy atom. The van der Waals surface area contributed by atoms with Crippen LogP contribution >= 0.6 is 0 Å². The summed E-state index contributed by atoms with van der Waals surface area (Å²) in [4.78, 5) is 0. The minimum absolute atomic E-state index is 1.04. The molecule has 2 heterocycles. The van der Waals surface area contributed by atoms with Crippen molar-refractivity contribution in [3.05, 3.63) is 176 Å². The SMILES string of the molecule is C=C/C=C\C(=C/C)c1cc(-c2ccccc2)cc(-n2c3ccccc3c3c4ccccc4c4c(c5ccccc5n4C4=CCCC=C4)c32)c1. The van der Waals surface area contributed by atoms with Crippen LogP contribution in [-0.4, -0.2) is 9.13 Å². The molecule has 1 aliphatic carbocycles. The summed E-state index contributed by atoms with van der Waals surface area (Å²) >= 11 is 0. The second-order valence-corrected chi connectivity index (χ2v) is 12.8. The van der Waals surface area contributed by atoms with Crippen LogP contribution in [0.4, 0.5) is 0 Å². The third kappa shape index (κ3) is 4.56. The number of allylic oxidation sites excluding steroid dienone is 9. The molecule has 8 aromatic rings. The first-order valence-corrected chi connectivity index (χ1v) is 17.2. The van der Waals surface area contributed by atoms with E-state index in [0.717, 1.165) is 24.1 Å². The molecule has 2 nitrogen and oxygen atoms in total. The number of fused-ring (bicyclic) bond motifs is 10. The quantitative estimate of drug-likeness (QED) is 0.162. The van der Waals surface area contributed by atoms with Gasteiger partial charge in [0.25, 0.3) is 0 Å². The van der Waals surface area contributed by atoms with Crippen molar-refractivity contribution >= 4 is 65.7 Å². The number of aromatic nitrogens is 2. The van der Waals surface area contributed by atoms with Gasteiger partial charge in [-0.25, -0.2) is 0 Å². The Morgan fingerprint density at radius 2 is 1.31 bits per heavy atom. The third-order valence-corrected chi connectivity index (χ3v) is 10.0. The Hall–Kier alpha value is -6.12. The van der Waals surface area contributed by atoms with E-state index in [1.807, 2.05) is 12.2 Å². The normalized spacial score (nSPS) is 13.8. The molecule has 0 bridgehead atoms. The van der Waals surface area contributed by atoms with E-state index in [-0.39, 0.29) is 0 Å². The second kappa shape index (κ2) is 11.8. The maximum Gasteiger partial charge on any atom is 0.0647 e. The van der Waals surface area contributed by atoms with Crippen molar-refractivity contribution in [2.45, 2.75) is 19.8 Å². The van der Waals surface area contributed by atoms with Crippen LogP contribution in [-0.2, 0) is 0 Å². The summed E-state index contributed by atoms with van der Waals surface area (Å²) in [6.07, 6.45) is 17.3. The molecule has 0 N–H and O–H groups in total. The van der Waals surface area contributed by atoms with Crippen LogP contribution in [0.2, 0.25) is 0 Å². The van der Waals surface area contributed by atoms with Crippen LogP contribution in [0.25, 0.3) is 82.5 Å². The van der Waals surface area contributed by atoms with Gasteiger partial charge in [0.1, 0.15) is 0 Å². The minimum Gasteiger partial charge on any atom is -0.309 e. The topological polar surface area (TPSA) is 9.86 Å². The highest BCUT2D eigenvalue weighted by Crippen LogP contribution is 2.47. The molecule has 0 aliphatic heterocycles.